The largest absolute Gasteiger partial charge is 0.480 e. The van der Waals surface area contributed by atoms with Gasteiger partial charge in [0.2, 0.25) is 5.91 Å². The van der Waals surface area contributed by atoms with Crippen LogP contribution in [0.2, 0.25) is 0 Å². The van der Waals surface area contributed by atoms with E-state index in [2.05, 4.69) is 5.32 Å². The third kappa shape index (κ3) is 4.27. The van der Waals surface area contributed by atoms with E-state index in [9.17, 15) is 28.3 Å². The van der Waals surface area contributed by atoms with Crippen molar-refractivity contribution in [3.8, 4) is 11.1 Å². The average Bonchev–Trinajstić information content (AvgIpc) is 3.25. The fourth-order valence-corrected chi connectivity index (χ4v) is 4.55. The minimum absolute atomic E-state index is 0.0175. The van der Waals surface area contributed by atoms with Gasteiger partial charge in [-0.15, -0.1) is 0 Å². The Morgan fingerprint density at radius 2 is 1.64 bits per heavy atom. The smallest absolute Gasteiger partial charge is 0.408 e. The number of benzene rings is 2. The molecule has 7 nitrogen and oxygen atoms in total. The number of alkyl carbamates (subject to hydrolysis) is 1. The summed E-state index contributed by atoms with van der Waals surface area (Å²) in [7, 11) is 0. The predicted octanol–water partition coefficient (Wildman–Crippen LogP) is 3.62. The molecule has 1 atom stereocenters. The molecular formula is C24H24F2N2O5. The summed E-state index contributed by atoms with van der Waals surface area (Å²) in [5.41, 5.74) is 2.52. The van der Waals surface area contributed by atoms with Crippen LogP contribution < -0.4 is 5.32 Å². The van der Waals surface area contributed by atoms with Gasteiger partial charge in [0, 0.05) is 12.3 Å². The summed E-state index contributed by atoms with van der Waals surface area (Å²) in [6.07, 6.45) is -1.86. The fraction of sp³-hybridized carbons (Fsp3) is 0.375. The molecule has 2 amide bonds. The molecule has 1 fully saturated rings. The number of carboxylic acid groups (broad SMARTS) is 1. The molecule has 2 aromatic carbocycles. The van der Waals surface area contributed by atoms with Gasteiger partial charge in [0.1, 0.15) is 18.2 Å². The van der Waals surface area contributed by atoms with Crippen molar-refractivity contribution >= 4 is 18.0 Å². The van der Waals surface area contributed by atoms with Crippen molar-refractivity contribution < 1.29 is 33.0 Å². The zero-order valence-electron chi connectivity index (χ0n) is 18.2. The Kier molecular flexibility index (Phi) is 5.59. The molecule has 0 unspecified atom stereocenters. The van der Waals surface area contributed by atoms with Crippen molar-refractivity contribution in [2.45, 2.75) is 43.7 Å². The van der Waals surface area contributed by atoms with E-state index in [1.54, 1.807) is 0 Å². The van der Waals surface area contributed by atoms with Crippen LogP contribution in [0.4, 0.5) is 13.6 Å². The van der Waals surface area contributed by atoms with E-state index < -0.39 is 48.4 Å². The van der Waals surface area contributed by atoms with Gasteiger partial charge in [0.25, 0.3) is 5.92 Å². The molecule has 4 rings (SSSR count). The third-order valence-corrected chi connectivity index (χ3v) is 6.11. The lowest BCUT2D eigenvalue weighted by molar-refractivity contribution is -0.150. The average molecular weight is 458 g/mol. The molecule has 1 saturated heterocycles. The lowest BCUT2D eigenvalue weighted by atomic mass is 9.98. The first-order chi connectivity index (χ1) is 15.5. The minimum Gasteiger partial charge on any atom is -0.480 e. The van der Waals surface area contributed by atoms with Gasteiger partial charge >= 0.3 is 12.1 Å². The van der Waals surface area contributed by atoms with Crippen LogP contribution >= 0.6 is 0 Å². The normalized spacial score (nSPS) is 19.0. The van der Waals surface area contributed by atoms with Crippen LogP contribution in [0.3, 0.4) is 0 Å². The zero-order valence-corrected chi connectivity index (χ0v) is 18.2. The van der Waals surface area contributed by atoms with Gasteiger partial charge in [-0.3, -0.25) is 4.79 Å². The third-order valence-electron chi connectivity index (χ3n) is 6.11. The quantitative estimate of drug-likeness (QED) is 0.714. The predicted molar refractivity (Wildman–Crippen MR) is 115 cm³/mol. The molecule has 9 heteroatoms. The second-order valence-corrected chi connectivity index (χ2v) is 8.92. The number of nitrogens with one attached hydrogen (secondary N) is 1. The summed E-state index contributed by atoms with van der Waals surface area (Å²) in [6.45, 7) is 1.65. The highest BCUT2D eigenvalue weighted by molar-refractivity contribution is 5.92. The van der Waals surface area contributed by atoms with Crippen LogP contribution in [0.5, 0.6) is 0 Å². The number of rotatable bonds is 5. The molecule has 2 N–H and O–H groups in total. The Hall–Kier alpha value is -3.49. The first-order valence-electron chi connectivity index (χ1n) is 10.5. The highest BCUT2D eigenvalue weighted by atomic mass is 19.3. The highest BCUT2D eigenvalue weighted by Gasteiger charge is 2.52. The summed E-state index contributed by atoms with van der Waals surface area (Å²) in [5, 5.41) is 11.6. The van der Waals surface area contributed by atoms with Crippen molar-refractivity contribution in [3.05, 3.63) is 59.7 Å². The number of aliphatic carboxylic acids is 1. The SMILES string of the molecule is CC(C)(NC(=O)OCC1c2ccccc2-c2ccccc21)C(=O)N1CC(F)(F)C[C@@H]1C(=O)O. The van der Waals surface area contributed by atoms with E-state index in [1.807, 2.05) is 48.5 Å². The number of carbonyl (C=O) groups excluding carboxylic acids is 2. The number of fused-ring (bicyclic) bond motifs is 3. The number of likely N-dealkylation sites (tertiary alicyclic amines) is 1. The fourth-order valence-electron chi connectivity index (χ4n) is 4.55. The molecule has 1 heterocycles. The maximum Gasteiger partial charge on any atom is 0.408 e. The second-order valence-electron chi connectivity index (χ2n) is 8.92. The van der Waals surface area contributed by atoms with Crippen LogP contribution in [0.1, 0.15) is 37.3 Å². The Labute approximate surface area is 189 Å². The number of carbonyl (C=O) groups is 3. The topological polar surface area (TPSA) is 95.9 Å². The summed E-state index contributed by atoms with van der Waals surface area (Å²) >= 11 is 0. The number of ether oxygens (including phenoxy) is 1. The maximum atomic E-state index is 13.8. The van der Waals surface area contributed by atoms with Crippen molar-refractivity contribution in [1.82, 2.24) is 10.2 Å². The van der Waals surface area contributed by atoms with Crippen molar-refractivity contribution in [2.24, 2.45) is 0 Å². The number of hydrogen-bond donors (Lipinski definition) is 2. The molecule has 0 radical (unpaired) electrons. The van der Waals surface area contributed by atoms with E-state index in [0.29, 0.717) is 4.90 Å². The molecule has 0 aromatic heterocycles. The number of carboxylic acids is 1. The lowest BCUT2D eigenvalue weighted by Crippen LogP contribution is -2.58. The van der Waals surface area contributed by atoms with Crippen molar-refractivity contribution in [2.75, 3.05) is 13.2 Å². The van der Waals surface area contributed by atoms with Gasteiger partial charge < -0.3 is 20.1 Å². The van der Waals surface area contributed by atoms with Gasteiger partial charge in [-0.05, 0) is 36.1 Å². The van der Waals surface area contributed by atoms with E-state index in [4.69, 9.17) is 4.74 Å². The molecule has 1 aliphatic carbocycles. The number of nitrogens with zero attached hydrogens (tertiary/aromatic N) is 1. The number of halogens is 2. The molecule has 0 saturated carbocycles. The molecule has 2 aliphatic rings. The summed E-state index contributed by atoms with van der Waals surface area (Å²) in [6, 6.07) is 14.0. The standard InChI is InChI=1S/C24H24F2N2O5/c1-23(2,21(31)28-13-24(25,26)11-19(28)20(29)30)27-22(32)33-12-18-16-9-5-3-7-14(16)15-8-4-6-10-17(15)18/h3-10,18-19H,11-13H2,1-2H3,(H,27,32)(H,29,30)/t19-/m1/s1. The van der Waals surface area contributed by atoms with Crippen LogP contribution in [0.25, 0.3) is 11.1 Å². The molecule has 174 valence electrons. The summed E-state index contributed by atoms with van der Waals surface area (Å²) in [5.74, 6) is -5.92. The second kappa shape index (κ2) is 8.13. The number of alkyl halides is 2. The van der Waals surface area contributed by atoms with Crippen molar-refractivity contribution in [1.29, 1.82) is 0 Å². The van der Waals surface area contributed by atoms with Gasteiger partial charge in [0.15, 0.2) is 0 Å². The highest BCUT2D eigenvalue weighted by Crippen LogP contribution is 2.44. The summed E-state index contributed by atoms with van der Waals surface area (Å²) in [4.78, 5) is 37.4. The van der Waals surface area contributed by atoms with Gasteiger partial charge in [0.05, 0.1) is 6.54 Å². The molecule has 1 aliphatic heterocycles. The first-order valence-corrected chi connectivity index (χ1v) is 10.5. The molecule has 0 bridgehead atoms. The van der Waals surface area contributed by atoms with Crippen LogP contribution in [-0.4, -0.2) is 58.6 Å². The lowest BCUT2D eigenvalue weighted by Gasteiger charge is -2.31. The van der Waals surface area contributed by atoms with Crippen LogP contribution in [0, 0.1) is 0 Å². The van der Waals surface area contributed by atoms with E-state index in [0.717, 1.165) is 22.3 Å². The Morgan fingerprint density at radius 1 is 1.09 bits per heavy atom. The van der Waals surface area contributed by atoms with Gasteiger partial charge in [-0.1, -0.05) is 48.5 Å². The number of amides is 2. The van der Waals surface area contributed by atoms with Gasteiger partial charge in [-0.25, -0.2) is 18.4 Å². The van der Waals surface area contributed by atoms with E-state index in [1.165, 1.54) is 13.8 Å². The van der Waals surface area contributed by atoms with E-state index >= 15 is 0 Å². The zero-order chi connectivity index (χ0) is 24.0. The summed E-state index contributed by atoms with van der Waals surface area (Å²) < 4.78 is 33.0. The maximum absolute atomic E-state index is 13.8. The molecular weight excluding hydrogens is 434 g/mol. The van der Waals surface area contributed by atoms with E-state index in [-0.39, 0.29) is 12.5 Å². The van der Waals surface area contributed by atoms with Gasteiger partial charge in [-0.2, -0.15) is 0 Å². The molecule has 0 spiro atoms. The Morgan fingerprint density at radius 3 is 2.18 bits per heavy atom. The Bertz CT molecular complexity index is 1070. The Balaban J connectivity index is 1.44. The number of hydrogen-bond acceptors (Lipinski definition) is 4. The molecule has 33 heavy (non-hydrogen) atoms. The van der Waals surface area contributed by atoms with Crippen LogP contribution in [-0.2, 0) is 14.3 Å². The van der Waals surface area contributed by atoms with Crippen LogP contribution in [0.15, 0.2) is 48.5 Å². The molecule has 2 aromatic rings. The van der Waals surface area contributed by atoms with Crippen molar-refractivity contribution in [3.63, 3.8) is 0 Å². The first kappa shape index (κ1) is 22.7. The minimum atomic E-state index is -3.31. The monoisotopic (exact) mass is 458 g/mol.